The molecule has 116 valence electrons. The van der Waals surface area contributed by atoms with Crippen LogP contribution in [0.2, 0.25) is 0 Å². The van der Waals surface area contributed by atoms with Gasteiger partial charge in [-0.25, -0.2) is 4.99 Å². The van der Waals surface area contributed by atoms with Crippen molar-refractivity contribution in [3.8, 4) is 0 Å². The lowest BCUT2D eigenvalue weighted by Gasteiger charge is -2.18. The lowest BCUT2D eigenvalue weighted by molar-refractivity contribution is -0.116. The Bertz CT molecular complexity index is 788. The van der Waals surface area contributed by atoms with E-state index in [9.17, 15) is 4.79 Å². The van der Waals surface area contributed by atoms with Gasteiger partial charge in [0.05, 0.1) is 11.4 Å². The van der Waals surface area contributed by atoms with E-state index in [1.54, 1.807) is 23.5 Å². The van der Waals surface area contributed by atoms with E-state index in [2.05, 4.69) is 17.1 Å². The molecule has 1 amide bonds. The van der Waals surface area contributed by atoms with Crippen molar-refractivity contribution in [2.75, 3.05) is 17.2 Å². The van der Waals surface area contributed by atoms with Crippen molar-refractivity contribution in [2.45, 2.75) is 12.2 Å². The fourth-order valence-corrected chi connectivity index (χ4v) is 4.82. The van der Waals surface area contributed by atoms with Gasteiger partial charge in [0.2, 0.25) is 5.91 Å². The summed E-state index contributed by atoms with van der Waals surface area (Å²) < 4.78 is 0.990. The molecule has 0 aromatic heterocycles. The van der Waals surface area contributed by atoms with E-state index >= 15 is 0 Å². The lowest BCUT2D eigenvalue weighted by Crippen LogP contribution is -2.30. The molecule has 0 aliphatic carbocycles. The van der Waals surface area contributed by atoms with Gasteiger partial charge in [-0.05, 0) is 29.7 Å². The summed E-state index contributed by atoms with van der Waals surface area (Å²) in [6.45, 7) is 0.793. The predicted octanol–water partition coefficient (Wildman–Crippen LogP) is 4.24. The quantitative estimate of drug-likeness (QED) is 0.819. The highest BCUT2D eigenvalue weighted by Gasteiger charge is 2.24. The Morgan fingerprint density at radius 3 is 2.83 bits per heavy atom. The Labute approximate surface area is 144 Å². The first kappa shape index (κ1) is 14.8. The van der Waals surface area contributed by atoms with Crippen LogP contribution in [0.4, 0.5) is 11.4 Å². The molecule has 0 fully saturated rings. The van der Waals surface area contributed by atoms with E-state index in [4.69, 9.17) is 0 Å². The van der Waals surface area contributed by atoms with Crippen LogP contribution >= 0.6 is 23.5 Å². The summed E-state index contributed by atoms with van der Waals surface area (Å²) in [5, 5.41) is 0. The van der Waals surface area contributed by atoms with Crippen LogP contribution < -0.4 is 4.90 Å². The molecule has 0 spiro atoms. The van der Waals surface area contributed by atoms with Crippen molar-refractivity contribution in [1.29, 1.82) is 0 Å². The zero-order valence-corrected chi connectivity index (χ0v) is 14.2. The van der Waals surface area contributed by atoms with Gasteiger partial charge in [0.25, 0.3) is 0 Å². The molecule has 0 N–H and O–H groups in total. The molecule has 2 aliphatic rings. The van der Waals surface area contributed by atoms with Gasteiger partial charge in [0.1, 0.15) is 4.38 Å². The topological polar surface area (TPSA) is 32.7 Å². The van der Waals surface area contributed by atoms with Gasteiger partial charge >= 0.3 is 0 Å². The van der Waals surface area contributed by atoms with Crippen LogP contribution in [0, 0.1) is 0 Å². The number of hydrogen-bond donors (Lipinski definition) is 0. The normalized spacial score (nSPS) is 15.8. The minimum atomic E-state index is 0.169. The number of nitrogens with zero attached hydrogens (tertiary/aromatic N) is 2. The standard InChI is InChI=1S/C18H16N2OS2/c21-17(20-10-9-13-5-2-4-8-16(13)20)12-23-18-19-15-7-3-1-6-14(15)11-22-18/h1-8H,9-12H2. The van der Waals surface area contributed by atoms with Gasteiger partial charge < -0.3 is 4.90 Å². The van der Waals surface area contributed by atoms with Crippen molar-refractivity contribution < 1.29 is 4.79 Å². The van der Waals surface area contributed by atoms with Gasteiger partial charge in [-0.3, -0.25) is 4.79 Å². The SMILES string of the molecule is O=C(CSC1=Nc2ccccc2CS1)N1CCc2ccccc21. The zero-order chi connectivity index (χ0) is 15.6. The summed E-state index contributed by atoms with van der Waals surface area (Å²) in [6, 6.07) is 16.4. The monoisotopic (exact) mass is 340 g/mol. The molecule has 2 aromatic carbocycles. The maximum Gasteiger partial charge on any atom is 0.237 e. The molecule has 0 unspecified atom stereocenters. The molecule has 2 heterocycles. The number of hydrogen-bond acceptors (Lipinski definition) is 4. The van der Waals surface area contributed by atoms with Crippen LogP contribution in [0.3, 0.4) is 0 Å². The average Bonchev–Trinajstić information content (AvgIpc) is 3.03. The molecular weight excluding hydrogens is 324 g/mol. The van der Waals surface area contributed by atoms with Gasteiger partial charge in [-0.2, -0.15) is 0 Å². The molecule has 0 saturated heterocycles. The number of carbonyl (C=O) groups excluding carboxylic acids is 1. The smallest absolute Gasteiger partial charge is 0.237 e. The van der Waals surface area contributed by atoms with E-state index in [0.717, 1.165) is 34.5 Å². The number of thioether (sulfide) groups is 2. The number of carbonyl (C=O) groups is 1. The van der Waals surface area contributed by atoms with Gasteiger partial charge in [-0.1, -0.05) is 59.9 Å². The summed E-state index contributed by atoms with van der Waals surface area (Å²) in [5.74, 6) is 1.55. The third-order valence-corrected chi connectivity index (χ3v) is 6.29. The minimum absolute atomic E-state index is 0.169. The molecule has 0 atom stereocenters. The molecule has 0 saturated carbocycles. The maximum absolute atomic E-state index is 12.5. The highest BCUT2D eigenvalue weighted by atomic mass is 32.2. The second-order valence-corrected chi connectivity index (χ2v) is 7.69. The van der Waals surface area contributed by atoms with Crippen LogP contribution in [0.1, 0.15) is 11.1 Å². The number of rotatable bonds is 2. The van der Waals surface area contributed by atoms with Gasteiger partial charge in [0.15, 0.2) is 0 Å². The van der Waals surface area contributed by atoms with E-state index in [1.165, 1.54) is 11.1 Å². The molecule has 3 nitrogen and oxygen atoms in total. The van der Waals surface area contributed by atoms with Gasteiger partial charge in [-0.15, -0.1) is 0 Å². The lowest BCUT2D eigenvalue weighted by atomic mass is 10.2. The average molecular weight is 340 g/mol. The van der Waals surface area contributed by atoms with Crippen LogP contribution in [-0.4, -0.2) is 22.6 Å². The molecule has 5 heteroatoms. The van der Waals surface area contributed by atoms with E-state index < -0.39 is 0 Å². The number of para-hydroxylation sites is 2. The van der Waals surface area contributed by atoms with Crippen molar-refractivity contribution in [1.82, 2.24) is 0 Å². The number of fused-ring (bicyclic) bond motifs is 2. The van der Waals surface area contributed by atoms with Crippen molar-refractivity contribution >= 4 is 45.2 Å². The summed E-state index contributed by atoms with van der Waals surface area (Å²) >= 11 is 3.27. The largest absolute Gasteiger partial charge is 0.311 e. The van der Waals surface area contributed by atoms with Crippen LogP contribution in [0.15, 0.2) is 53.5 Å². The fraction of sp³-hybridized carbons (Fsp3) is 0.222. The number of anilines is 1. The van der Waals surface area contributed by atoms with Gasteiger partial charge in [0, 0.05) is 18.0 Å². The maximum atomic E-state index is 12.5. The zero-order valence-electron chi connectivity index (χ0n) is 12.6. The van der Waals surface area contributed by atoms with Crippen LogP contribution in [0.25, 0.3) is 0 Å². The molecule has 23 heavy (non-hydrogen) atoms. The molecular formula is C18H16N2OS2. The van der Waals surface area contributed by atoms with Crippen LogP contribution in [0.5, 0.6) is 0 Å². The first-order valence-corrected chi connectivity index (χ1v) is 9.59. The highest BCUT2D eigenvalue weighted by molar-refractivity contribution is 8.38. The van der Waals surface area contributed by atoms with Crippen molar-refractivity contribution in [3.05, 3.63) is 59.7 Å². The molecule has 2 aromatic rings. The van der Waals surface area contributed by atoms with Crippen molar-refractivity contribution in [3.63, 3.8) is 0 Å². The second kappa shape index (κ2) is 6.42. The fourth-order valence-electron chi connectivity index (χ4n) is 2.88. The highest BCUT2D eigenvalue weighted by Crippen LogP contribution is 2.35. The first-order chi connectivity index (χ1) is 11.3. The Balaban J connectivity index is 1.43. The molecule has 0 bridgehead atoms. The molecule has 2 aliphatic heterocycles. The summed E-state index contributed by atoms with van der Waals surface area (Å²) in [6.07, 6.45) is 0.954. The van der Waals surface area contributed by atoms with Crippen molar-refractivity contribution in [2.24, 2.45) is 4.99 Å². The minimum Gasteiger partial charge on any atom is -0.311 e. The predicted molar refractivity (Wildman–Crippen MR) is 99.8 cm³/mol. The summed E-state index contributed by atoms with van der Waals surface area (Å²) in [4.78, 5) is 19.1. The van der Waals surface area contributed by atoms with Crippen LogP contribution in [-0.2, 0) is 17.0 Å². The van der Waals surface area contributed by atoms with E-state index in [0.29, 0.717) is 5.75 Å². The summed E-state index contributed by atoms with van der Waals surface area (Å²) in [7, 11) is 0. The number of amides is 1. The Hall–Kier alpha value is -1.72. The number of aliphatic imine (C=N–C) groups is 1. The number of benzene rings is 2. The van der Waals surface area contributed by atoms with E-state index in [1.807, 2.05) is 41.3 Å². The Kier molecular flexibility index (Phi) is 4.14. The molecule has 4 rings (SSSR count). The Morgan fingerprint density at radius 1 is 1.13 bits per heavy atom. The third kappa shape index (κ3) is 3.03. The molecule has 0 radical (unpaired) electrons. The second-order valence-electron chi connectivity index (χ2n) is 5.51. The van der Waals surface area contributed by atoms with E-state index in [-0.39, 0.29) is 5.91 Å². The summed E-state index contributed by atoms with van der Waals surface area (Å²) in [5.41, 5.74) is 4.64. The Morgan fingerprint density at radius 2 is 1.91 bits per heavy atom. The third-order valence-electron chi connectivity index (χ3n) is 4.06. The first-order valence-electron chi connectivity index (χ1n) is 7.62.